The number of nitrogens with zero attached hydrogens (tertiary/aromatic N) is 2. The summed E-state index contributed by atoms with van der Waals surface area (Å²) in [4.78, 5) is 27.0. The highest BCUT2D eigenvalue weighted by atomic mass is 16.2. The van der Waals surface area contributed by atoms with Crippen LogP contribution in [0.1, 0.15) is 55.6 Å². The summed E-state index contributed by atoms with van der Waals surface area (Å²) in [5, 5.41) is 10.1. The molecule has 0 saturated carbocycles. The first kappa shape index (κ1) is 18.2. The number of amides is 2. The Morgan fingerprint density at radius 2 is 1.96 bits per heavy atom. The normalized spacial score (nSPS) is 17.8. The average molecular weight is 354 g/mol. The third kappa shape index (κ3) is 3.95. The van der Waals surface area contributed by atoms with Gasteiger partial charge in [0.2, 0.25) is 5.91 Å². The Morgan fingerprint density at radius 1 is 1.23 bits per heavy atom. The lowest BCUT2D eigenvalue weighted by atomic mass is 9.89. The van der Waals surface area contributed by atoms with E-state index in [0.29, 0.717) is 17.8 Å². The maximum Gasteiger partial charge on any atom is 0.255 e. The highest BCUT2D eigenvalue weighted by Gasteiger charge is 2.32. The van der Waals surface area contributed by atoms with Gasteiger partial charge in [0.25, 0.3) is 5.91 Å². The van der Waals surface area contributed by atoms with E-state index in [2.05, 4.69) is 15.5 Å². The van der Waals surface area contributed by atoms with Gasteiger partial charge in [-0.2, -0.15) is 5.10 Å². The molecule has 1 atom stereocenters. The summed E-state index contributed by atoms with van der Waals surface area (Å²) in [6, 6.07) is 9.10. The van der Waals surface area contributed by atoms with Gasteiger partial charge < -0.3 is 10.2 Å². The van der Waals surface area contributed by atoms with Crippen molar-refractivity contribution in [2.45, 2.75) is 39.5 Å². The number of hydrogen-bond donors (Lipinski definition) is 2. The number of H-pyrrole nitrogens is 1. The van der Waals surface area contributed by atoms with Gasteiger partial charge in [-0.1, -0.05) is 39.0 Å². The van der Waals surface area contributed by atoms with Gasteiger partial charge in [-0.15, -0.1) is 0 Å². The lowest BCUT2D eigenvalue weighted by Gasteiger charge is -2.36. The van der Waals surface area contributed by atoms with Crippen LogP contribution in [0, 0.1) is 5.41 Å². The first-order valence-electron chi connectivity index (χ1n) is 9.05. The molecule has 26 heavy (non-hydrogen) atoms. The quantitative estimate of drug-likeness (QED) is 0.886. The van der Waals surface area contributed by atoms with Crippen molar-refractivity contribution in [2.75, 3.05) is 18.4 Å². The summed E-state index contributed by atoms with van der Waals surface area (Å²) in [5.41, 5.74) is 1.79. The number of rotatable bonds is 3. The van der Waals surface area contributed by atoms with Crippen molar-refractivity contribution in [3.05, 3.63) is 47.8 Å². The molecule has 0 aliphatic carbocycles. The molecule has 2 heterocycles. The standard InChI is InChI=1S/C20H26N4O2/c1-20(2,3)19(26)24-11-7-10-15(13-24)17-16(12-21-23-17)22-18(25)14-8-5-4-6-9-14/h4-6,8-9,12,15H,7,10-11,13H2,1-3H3,(H,21,23)(H,22,25). The Bertz CT molecular complexity index is 777. The van der Waals surface area contributed by atoms with E-state index in [1.807, 2.05) is 43.9 Å². The molecule has 1 aromatic carbocycles. The van der Waals surface area contributed by atoms with Crippen LogP contribution in [0.25, 0.3) is 0 Å². The molecule has 0 spiro atoms. The molecular formula is C20H26N4O2. The molecular weight excluding hydrogens is 328 g/mol. The fraction of sp³-hybridized carbons (Fsp3) is 0.450. The summed E-state index contributed by atoms with van der Waals surface area (Å²) >= 11 is 0. The van der Waals surface area contributed by atoms with Gasteiger partial charge in [-0.05, 0) is 25.0 Å². The minimum absolute atomic E-state index is 0.142. The van der Waals surface area contributed by atoms with Crippen LogP contribution in [-0.2, 0) is 4.79 Å². The van der Waals surface area contributed by atoms with E-state index in [4.69, 9.17) is 0 Å². The highest BCUT2D eigenvalue weighted by molar-refractivity contribution is 6.04. The molecule has 138 valence electrons. The van der Waals surface area contributed by atoms with E-state index in [1.165, 1.54) is 0 Å². The minimum Gasteiger partial charge on any atom is -0.342 e. The third-order valence-corrected chi connectivity index (χ3v) is 4.71. The second-order valence-electron chi connectivity index (χ2n) is 7.86. The van der Waals surface area contributed by atoms with Crippen molar-refractivity contribution in [1.82, 2.24) is 15.1 Å². The molecule has 1 unspecified atom stereocenters. The number of likely N-dealkylation sites (tertiary alicyclic amines) is 1. The van der Waals surface area contributed by atoms with Gasteiger partial charge in [0.05, 0.1) is 17.6 Å². The fourth-order valence-corrected chi connectivity index (χ4v) is 3.36. The van der Waals surface area contributed by atoms with Crippen LogP contribution in [-0.4, -0.2) is 40.0 Å². The molecule has 2 amide bonds. The Hall–Kier alpha value is -2.63. The number of aromatic amines is 1. The number of hydrogen-bond acceptors (Lipinski definition) is 3. The molecule has 1 saturated heterocycles. The summed E-state index contributed by atoms with van der Waals surface area (Å²) < 4.78 is 0. The molecule has 1 aromatic heterocycles. The highest BCUT2D eigenvalue weighted by Crippen LogP contribution is 2.32. The second kappa shape index (κ2) is 7.32. The zero-order valence-electron chi connectivity index (χ0n) is 15.6. The van der Waals surface area contributed by atoms with Crippen LogP contribution in [0.15, 0.2) is 36.5 Å². The second-order valence-corrected chi connectivity index (χ2v) is 7.86. The summed E-state index contributed by atoms with van der Waals surface area (Å²) in [5.74, 6) is 0.145. The molecule has 6 nitrogen and oxygen atoms in total. The Morgan fingerprint density at radius 3 is 2.65 bits per heavy atom. The summed E-state index contributed by atoms with van der Waals surface area (Å²) in [6.45, 7) is 7.26. The van der Waals surface area contributed by atoms with Crippen LogP contribution in [0.3, 0.4) is 0 Å². The number of benzene rings is 1. The van der Waals surface area contributed by atoms with Crippen molar-refractivity contribution in [3.8, 4) is 0 Å². The molecule has 1 aliphatic heterocycles. The van der Waals surface area contributed by atoms with Crippen LogP contribution < -0.4 is 5.32 Å². The van der Waals surface area contributed by atoms with E-state index in [9.17, 15) is 9.59 Å². The third-order valence-electron chi connectivity index (χ3n) is 4.71. The lowest BCUT2D eigenvalue weighted by molar-refractivity contribution is -0.140. The fourth-order valence-electron chi connectivity index (χ4n) is 3.36. The number of piperidine rings is 1. The largest absolute Gasteiger partial charge is 0.342 e. The van der Waals surface area contributed by atoms with Gasteiger partial charge in [0.15, 0.2) is 0 Å². The number of carbonyl (C=O) groups is 2. The van der Waals surface area contributed by atoms with Gasteiger partial charge in [0.1, 0.15) is 0 Å². The number of carbonyl (C=O) groups excluding carboxylic acids is 2. The molecule has 1 fully saturated rings. The van der Waals surface area contributed by atoms with Crippen molar-refractivity contribution in [3.63, 3.8) is 0 Å². The van der Waals surface area contributed by atoms with Gasteiger partial charge in [0, 0.05) is 30.0 Å². The monoisotopic (exact) mass is 354 g/mol. The number of nitrogens with one attached hydrogen (secondary N) is 2. The van der Waals surface area contributed by atoms with Gasteiger partial charge >= 0.3 is 0 Å². The Labute approximate surface area is 154 Å². The zero-order valence-corrected chi connectivity index (χ0v) is 15.6. The molecule has 2 aromatic rings. The van der Waals surface area contributed by atoms with E-state index < -0.39 is 0 Å². The van der Waals surface area contributed by atoms with Crippen molar-refractivity contribution >= 4 is 17.5 Å². The predicted molar refractivity (Wildman–Crippen MR) is 101 cm³/mol. The lowest BCUT2D eigenvalue weighted by Crippen LogP contribution is -2.44. The molecule has 0 bridgehead atoms. The van der Waals surface area contributed by atoms with E-state index >= 15 is 0 Å². The summed E-state index contributed by atoms with van der Waals surface area (Å²) in [6.07, 6.45) is 3.54. The Balaban J connectivity index is 1.73. The smallest absolute Gasteiger partial charge is 0.255 e. The maximum absolute atomic E-state index is 12.6. The molecule has 6 heteroatoms. The number of anilines is 1. The zero-order chi connectivity index (χ0) is 18.7. The maximum atomic E-state index is 12.6. The van der Waals surface area contributed by atoms with Crippen LogP contribution in [0.2, 0.25) is 0 Å². The SMILES string of the molecule is CC(C)(C)C(=O)N1CCCC(c2[nH]ncc2NC(=O)c2ccccc2)C1. The van der Waals surface area contributed by atoms with Crippen LogP contribution in [0.4, 0.5) is 5.69 Å². The molecule has 0 radical (unpaired) electrons. The van der Waals surface area contributed by atoms with Gasteiger partial charge in [-0.3, -0.25) is 14.7 Å². The first-order chi connectivity index (χ1) is 12.4. The van der Waals surface area contributed by atoms with E-state index in [0.717, 1.165) is 25.1 Å². The Kier molecular flexibility index (Phi) is 5.11. The van der Waals surface area contributed by atoms with Crippen molar-refractivity contribution in [1.29, 1.82) is 0 Å². The van der Waals surface area contributed by atoms with Crippen LogP contribution >= 0.6 is 0 Å². The number of aromatic nitrogens is 2. The van der Waals surface area contributed by atoms with Gasteiger partial charge in [-0.25, -0.2) is 0 Å². The average Bonchev–Trinajstić information content (AvgIpc) is 3.09. The molecule has 3 rings (SSSR count). The van der Waals surface area contributed by atoms with Crippen LogP contribution in [0.5, 0.6) is 0 Å². The van der Waals surface area contributed by atoms with E-state index in [1.54, 1.807) is 18.3 Å². The minimum atomic E-state index is -0.389. The topological polar surface area (TPSA) is 78.1 Å². The predicted octanol–water partition coefficient (Wildman–Crippen LogP) is 3.41. The summed E-state index contributed by atoms with van der Waals surface area (Å²) in [7, 11) is 0. The van der Waals surface area contributed by atoms with Crippen molar-refractivity contribution in [2.24, 2.45) is 5.41 Å². The van der Waals surface area contributed by atoms with E-state index in [-0.39, 0.29) is 23.1 Å². The van der Waals surface area contributed by atoms with Crippen molar-refractivity contribution < 1.29 is 9.59 Å². The molecule has 1 aliphatic rings. The molecule has 2 N–H and O–H groups in total. The first-order valence-corrected chi connectivity index (χ1v) is 9.05.